The minimum Gasteiger partial charge on any atom is -0.478 e. The molecule has 0 aliphatic rings. The van der Waals surface area contributed by atoms with Crippen LogP contribution in [0.4, 0.5) is 0 Å². The third-order valence-corrected chi connectivity index (χ3v) is 3.67. The van der Waals surface area contributed by atoms with Crippen LogP contribution in [0.25, 0.3) is 17.1 Å². The summed E-state index contributed by atoms with van der Waals surface area (Å²) in [6.45, 7) is 0. The molecule has 3 aromatic heterocycles. The molecule has 0 radical (unpaired) electrons. The van der Waals surface area contributed by atoms with Crippen LogP contribution in [0.3, 0.4) is 0 Å². The van der Waals surface area contributed by atoms with Crippen LogP contribution >= 0.6 is 0 Å². The van der Waals surface area contributed by atoms with E-state index in [-0.39, 0.29) is 5.56 Å². The molecule has 0 spiro atoms. The number of nitrogens with zero attached hydrogens (tertiary/aromatic N) is 6. The predicted octanol–water partition coefficient (Wildman–Crippen LogP) is 1.94. The maximum absolute atomic E-state index is 11.8. The third kappa shape index (κ3) is 2.17. The van der Waals surface area contributed by atoms with Crippen molar-refractivity contribution in [2.75, 3.05) is 0 Å². The highest BCUT2D eigenvalue weighted by molar-refractivity contribution is 5.95. The van der Waals surface area contributed by atoms with Crippen LogP contribution in [0.5, 0.6) is 0 Å². The van der Waals surface area contributed by atoms with E-state index in [4.69, 9.17) is 0 Å². The molecule has 0 aliphatic carbocycles. The number of benzene rings is 1. The standard InChI is InChI=1S/C16H12N6O2/c23-16(24)12-1-2-13(20-6-3-17-9-20)15(22-8-5-19-11-22)14(12)21-7-4-18-10-21/h1-11H,(H,23,24). The van der Waals surface area contributed by atoms with E-state index < -0.39 is 5.97 Å². The molecule has 0 bridgehead atoms. The topological polar surface area (TPSA) is 90.8 Å². The smallest absolute Gasteiger partial charge is 0.337 e. The summed E-state index contributed by atoms with van der Waals surface area (Å²) >= 11 is 0. The molecule has 1 N–H and O–H groups in total. The van der Waals surface area contributed by atoms with Gasteiger partial charge in [0.05, 0.1) is 41.6 Å². The lowest BCUT2D eigenvalue weighted by atomic mass is 10.1. The Morgan fingerprint density at radius 2 is 1.33 bits per heavy atom. The van der Waals surface area contributed by atoms with Crippen molar-refractivity contribution in [1.82, 2.24) is 28.7 Å². The molecule has 8 nitrogen and oxygen atoms in total. The van der Waals surface area contributed by atoms with Gasteiger partial charge in [-0.2, -0.15) is 0 Å². The van der Waals surface area contributed by atoms with Gasteiger partial charge in [0, 0.05) is 37.2 Å². The van der Waals surface area contributed by atoms with Gasteiger partial charge in [0.1, 0.15) is 0 Å². The van der Waals surface area contributed by atoms with E-state index in [2.05, 4.69) is 15.0 Å². The van der Waals surface area contributed by atoms with E-state index in [1.54, 1.807) is 77.4 Å². The number of rotatable bonds is 4. The lowest BCUT2D eigenvalue weighted by Crippen LogP contribution is -2.12. The molecule has 0 fully saturated rings. The largest absolute Gasteiger partial charge is 0.478 e. The number of aromatic carboxylic acids is 1. The molecule has 4 aromatic rings. The van der Waals surface area contributed by atoms with Gasteiger partial charge >= 0.3 is 5.97 Å². The van der Waals surface area contributed by atoms with E-state index in [9.17, 15) is 9.90 Å². The van der Waals surface area contributed by atoms with Gasteiger partial charge in [-0.05, 0) is 12.1 Å². The molecule has 118 valence electrons. The second kappa shape index (κ2) is 5.51. The third-order valence-electron chi connectivity index (χ3n) is 3.67. The highest BCUT2D eigenvalue weighted by Crippen LogP contribution is 2.30. The SMILES string of the molecule is O=C(O)c1ccc(-n2ccnc2)c(-n2ccnc2)c1-n1ccnc1. The van der Waals surface area contributed by atoms with Crippen LogP contribution in [0.15, 0.2) is 68.3 Å². The zero-order valence-electron chi connectivity index (χ0n) is 12.4. The zero-order chi connectivity index (χ0) is 16.5. The number of imidazole rings is 3. The minimum atomic E-state index is -1.02. The molecular weight excluding hydrogens is 308 g/mol. The first-order valence-electron chi connectivity index (χ1n) is 7.11. The molecule has 4 rings (SSSR count). The summed E-state index contributed by atoms with van der Waals surface area (Å²) in [7, 11) is 0. The van der Waals surface area contributed by atoms with Gasteiger partial charge in [0.2, 0.25) is 0 Å². The van der Waals surface area contributed by atoms with Crippen molar-refractivity contribution in [3.63, 3.8) is 0 Å². The molecule has 3 heterocycles. The summed E-state index contributed by atoms with van der Waals surface area (Å²) in [5, 5.41) is 9.63. The van der Waals surface area contributed by atoms with Crippen molar-refractivity contribution in [1.29, 1.82) is 0 Å². The Kier molecular flexibility index (Phi) is 3.20. The molecule has 1 aromatic carbocycles. The monoisotopic (exact) mass is 320 g/mol. The number of carboxylic acid groups (broad SMARTS) is 1. The molecule has 8 heteroatoms. The highest BCUT2D eigenvalue weighted by atomic mass is 16.4. The Bertz CT molecular complexity index is 972. The molecule has 0 atom stereocenters. The first-order chi connectivity index (χ1) is 11.8. The Labute approximate surface area is 136 Å². The summed E-state index contributed by atoms with van der Waals surface area (Å²) < 4.78 is 5.28. The molecule has 0 unspecified atom stereocenters. The van der Waals surface area contributed by atoms with Gasteiger partial charge in [-0.15, -0.1) is 0 Å². The van der Waals surface area contributed by atoms with E-state index in [0.717, 1.165) is 5.69 Å². The Morgan fingerprint density at radius 1 is 0.792 bits per heavy atom. The van der Waals surface area contributed by atoms with Crippen LogP contribution in [0.1, 0.15) is 10.4 Å². The van der Waals surface area contributed by atoms with Gasteiger partial charge in [-0.25, -0.2) is 19.7 Å². The molecular formula is C16H12N6O2. The second-order valence-corrected chi connectivity index (χ2v) is 5.04. The van der Waals surface area contributed by atoms with Gasteiger partial charge in [0.25, 0.3) is 0 Å². The van der Waals surface area contributed by atoms with Crippen molar-refractivity contribution >= 4 is 5.97 Å². The van der Waals surface area contributed by atoms with Crippen LogP contribution in [-0.2, 0) is 0 Å². The molecule has 0 saturated carbocycles. The molecule has 24 heavy (non-hydrogen) atoms. The van der Waals surface area contributed by atoms with Gasteiger partial charge in [0.15, 0.2) is 0 Å². The van der Waals surface area contributed by atoms with Crippen molar-refractivity contribution in [3.05, 3.63) is 73.9 Å². The molecule has 0 aliphatic heterocycles. The van der Waals surface area contributed by atoms with E-state index in [0.29, 0.717) is 11.4 Å². The zero-order valence-corrected chi connectivity index (χ0v) is 12.4. The molecule has 0 amide bonds. The lowest BCUT2D eigenvalue weighted by molar-refractivity contribution is 0.0697. The summed E-state index contributed by atoms with van der Waals surface area (Å²) in [6.07, 6.45) is 15.0. The first-order valence-corrected chi connectivity index (χ1v) is 7.11. The van der Waals surface area contributed by atoms with Crippen LogP contribution < -0.4 is 0 Å². The van der Waals surface area contributed by atoms with Crippen LogP contribution in [0, 0.1) is 0 Å². The predicted molar refractivity (Wildman–Crippen MR) is 84.8 cm³/mol. The maximum Gasteiger partial charge on any atom is 0.337 e. The van der Waals surface area contributed by atoms with Crippen LogP contribution in [0.2, 0.25) is 0 Å². The number of carbonyl (C=O) groups is 1. The van der Waals surface area contributed by atoms with Gasteiger partial charge < -0.3 is 18.8 Å². The fourth-order valence-electron chi connectivity index (χ4n) is 2.65. The highest BCUT2D eigenvalue weighted by Gasteiger charge is 2.21. The van der Waals surface area contributed by atoms with Gasteiger partial charge in [-0.3, -0.25) is 0 Å². The van der Waals surface area contributed by atoms with E-state index in [1.807, 2.05) is 4.57 Å². The average molecular weight is 320 g/mol. The lowest BCUT2D eigenvalue weighted by Gasteiger charge is -2.18. The first kappa shape index (κ1) is 13.9. The molecule has 0 saturated heterocycles. The van der Waals surface area contributed by atoms with Crippen molar-refractivity contribution in [3.8, 4) is 17.1 Å². The quantitative estimate of drug-likeness (QED) is 0.620. The summed E-state index contributed by atoms with van der Waals surface area (Å²) in [6, 6.07) is 3.33. The van der Waals surface area contributed by atoms with E-state index >= 15 is 0 Å². The fraction of sp³-hybridized carbons (Fsp3) is 0. The maximum atomic E-state index is 11.8. The summed E-state index contributed by atoms with van der Waals surface area (Å²) in [5.41, 5.74) is 2.12. The van der Waals surface area contributed by atoms with Crippen molar-refractivity contribution < 1.29 is 9.90 Å². The Morgan fingerprint density at radius 3 is 1.83 bits per heavy atom. The number of hydrogen-bond donors (Lipinski definition) is 1. The average Bonchev–Trinajstić information content (AvgIpc) is 3.36. The second-order valence-electron chi connectivity index (χ2n) is 5.04. The van der Waals surface area contributed by atoms with Crippen LogP contribution in [-0.4, -0.2) is 39.7 Å². The number of carboxylic acids is 1. The van der Waals surface area contributed by atoms with Crippen molar-refractivity contribution in [2.24, 2.45) is 0 Å². The van der Waals surface area contributed by atoms with E-state index in [1.165, 1.54) is 0 Å². The number of aromatic nitrogens is 6. The Balaban J connectivity index is 2.12. The fourth-order valence-corrected chi connectivity index (χ4v) is 2.65. The summed E-state index contributed by atoms with van der Waals surface area (Å²) in [5.74, 6) is -1.02. The normalized spacial score (nSPS) is 10.8. The van der Waals surface area contributed by atoms with Gasteiger partial charge in [-0.1, -0.05) is 0 Å². The minimum absolute atomic E-state index is 0.167. The number of hydrogen-bond acceptors (Lipinski definition) is 4. The van der Waals surface area contributed by atoms with Crippen molar-refractivity contribution in [2.45, 2.75) is 0 Å². The summed E-state index contributed by atoms with van der Waals surface area (Å²) in [4.78, 5) is 24.0. The Hall–Kier alpha value is -3.68.